The van der Waals surface area contributed by atoms with Crippen LogP contribution in [0.1, 0.15) is 355 Å². The van der Waals surface area contributed by atoms with Gasteiger partial charge in [0.2, 0.25) is 0 Å². The Morgan fingerprint density at radius 1 is 0.248 bits per heavy atom. The molecule has 0 spiro atoms. The normalized spacial score (nSPS) is 14.7. The number of esters is 3. The lowest BCUT2D eigenvalue weighted by Gasteiger charge is -2.21. The zero-order valence-electron chi connectivity index (χ0n) is 73.3. The third kappa shape index (κ3) is 91.0. The van der Waals surface area contributed by atoms with E-state index >= 15 is 0 Å². The first-order valence-corrected chi connectivity index (χ1v) is 48.7. The Hall–Kier alpha value is -5.61. The molecule has 16 nitrogen and oxygen atoms in total. The second-order valence-electron chi connectivity index (χ2n) is 30.0. The van der Waals surface area contributed by atoms with Crippen molar-refractivity contribution >= 4 is 33.6 Å². The highest BCUT2D eigenvalue weighted by Gasteiger charge is 2.29. The van der Waals surface area contributed by atoms with Crippen molar-refractivity contribution in [3.63, 3.8) is 0 Å². The molecule has 0 aromatic heterocycles. The van der Waals surface area contributed by atoms with Crippen LogP contribution in [-0.4, -0.2) is 95.9 Å². The van der Waals surface area contributed by atoms with Gasteiger partial charge in [-0.15, -0.1) is 0 Å². The number of phosphoric ester groups is 2. The summed E-state index contributed by atoms with van der Waals surface area (Å²) in [7, 11) is -9.83. The van der Waals surface area contributed by atoms with Gasteiger partial charge in [-0.05, 0) is 167 Å². The van der Waals surface area contributed by atoms with Crippen LogP contribution < -0.4 is 0 Å². The van der Waals surface area contributed by atoms with Gasteiger partial charge in [-0.25, -0.2) is 9.13 Å². The Bertz CT molecular complexity index is 2910. The quantitative estimate of drug-likeness (QED) is 0.0146. The van der Waals surface area contributed by atoms with E-state index in [2.05, 4.69) is 215 Å². The van der Waals surface area contributed by atoms with Gasteiger partial charge in [0.05, 0.1) is 26.4 Å². The van der Waals surface area contributed by atoms with Crippen LogP contribution in [-0.2, 0) is 55.8 Å². The standard InChI is InChI=1S/C99H164O16P2/c1-4-7-10-13-16-19-22-25-28-31-34-37-39-41-42-43-44-45-46-47-48-49-50-52-54-56-58-61-64-67-70-73-76-79-82-85-97(102)109-88-94(100)89-111-116(105,106)112-90-95(101)91-113-117(107,108)114-93-96(115-99(104)87-84-81-78-75-72-69-66-63-60-55-36-33-30-27-24-21-18-15-12-9-6-3)92-110-98(103)86-83-80-77-74-71-68-65-62-59-57-53-51-40-38-35-32-29-26-23-20-17-14-11-8-5-2/h7-8,10-11,16-21,25-30,34-38,41-42,44-45,51,53,55,59,62-63,66,94-96,100-101H,4-6,9,12-15,22-24,31-33,39-40,43,46-50,52,54,56-58,60-61,64-65,67-93H2,1-3H3,(H,105,106)(H,107,108)/b10-7-,11-8-,19-16-,20-17-,21-18-,28-25-,29-26-,30-27-,37-34-,38-35-,42-41-,45-44-,53-51-,55-36-,62-59-,66-63-. The summed E-state index contributed by atoms with van der Waals surface area (Å²) in [4.78, 5) is 59.0. The van der Waals surface area contributed by atoms with Crippen molar-refractivity contribution in [2.45, 2.75) is 373 Å². The Morgan fingerprint density at radius 3 is 0.718 bits per heavy atom. The van der Waals surface area contributed by atoms with Crippen LogP contribution in [0.15, 0.2) is 194 Å². The van der Waals surface area contributed by atoms with Crippen molar-refractivity contribution in [3.8, 4) is 0 Å². The van der Waals surface area contributed by atoms with E-state index in [-0.39, 0.29) is 19.3 Å². The fourth-order valence-corrected chi connectivity index (χ4v) is 13.5. The molecule has 0 aromatic rings. The highest BCUT2D eigenvalue weighted by molar-refractivity contribution is 7.47. The van der Waals surface area contributed by atoms with Crippen molar-refractivity contribution in [1.29, 1.82) is 0 Å². The third-order valence-electron chi connectivity index (χ3n) is 18.8. The predicted molar refractivity (Wildman–Crippen MR) is 491 cm³/mol. The van der Waals surface area contributed by atoms with Crippen molar-refractivity contribution in [2.75, 3.05) is 39.6 Å². The second-order valence-corrected chi connectivity index (χ2v) is 32.9. The van der Waals surface area contributed by atoms with Gasteiger partial charge in [0.1, 0.15) is 25.4 Å². The third-order valence-corrected chi connectivity index (χ3v) is 20.7. The number of ether oxygens (including phenoxy) is 3. The van der Waals surface area contributed by atoms with E-state index in [4.69, 9.17) is 32.3 Å². The summed E-state index contributed by atoms with van der Waals surface area (Å²) in [5, 5.41) is 20.7. The summed E-state index contributed by atoms with van der Waals surface area (Å²) in [6.45, 7) is 2.40. The van der Waals surface area contributed by atoms with Gasteiger partial charge >= 0.3 is 33.6 Å². The fourth-order valence-electron chi connectivity index (χ4n) is 11.9. The van der Waals surface area contributed by atoms with E-state index in [9.17, 15) is 43.5 Å². The number of hydrogen-bond donors (Lipinski definition) is 4. The average Bonchev–Trinajstić information content (AvgIpc) is 0.900. The lowest BCUT2D eigenvalue weighted by molar-refractivity contribution is -0.161. The van der Waals surface area contributed by atoms with Gasteiger partial charge in [0.25, 0.3) is 0 Å². The molecule has 0 aliphatic carbocycles. The summed E-state index contributed by atoms with van der Waals surface area (Å²) in [5.41, 5.74) is 0. The molecule has 0 fully saturated rings. The zero-order valence-corrected chi connectivity index (χ0v) is 75.1. The van der Waals surface area contributed by atoms with Gasteiger partial charge < -0.3 is 34.2 Å². The molecule has 0 aromatic carbocycles. The Morgan fingerprint density at radius 2 is 0.453 bits per heavy atom. The lowest BCUT2D eigenvalue weighted by atomic mass is 10.0. The summed E-state index contributed by atoms with van der Waals surface area (Å²) >= 11 is 0. The molecule has 0 aliphatic rings. The Balaban J connectivity index is 4.58. The first-order valence-electron chi connectivity index (χ1n) is 45.7. The van der Waals surface area contributed by atoms with Gasteiger partial charge in [-0.2, -0.15) is 0 Å². The zero-order chi connectivity index (χ0) is 85.1. The molecule has 5 atom stereocenters. The maximum atomic E-state index is 13.0. The van der Waals surface area contributed by atoms with E-state index in [1.54, 1.807) is 0 Å². The molecule has 4 N–H and O–H groups in total. The minimum atomic E-state index is -4.96. The molecule has 117 heavy (non-hydrogen) atoms. The average molecular weight is 1670 g/mol. The van der Waals surface area contributed by atoms with Crippen molar-refractivity contribution in [3.05, 3.63) is 194 Å². The molecule has 5 unspecified atom stereocenters. The van der Waals surface area contributed by atoms with Crippen LogP contribution >= 0.6 is 15.6 Å². The molecule has 666 valence electrons. The van der Waals surface area contributed by atoms with Gasteiger partial charge in [-0.3, -0.25) is 32.5 Å². The number of allylic oxidation sites excluding steroid dienone is 32. The summed E-state index contributed by atoms with van der Waals surface area (Å²) in [6, 6.07) is 0. The van der Waals surface area contributed by atoms with Crippen LogP contribution in [0.3, 0.4) is 0 Å². The molecule has 0 amide bonds. The van der Waals surface area contributed by atoms with Gasteiger partial charge in [0.15, 0.2) is 6.10 Å². The van der Waals surface area contributed by atoms with E-state index < -0.39 is 91.5 Å². The molecule has 0 heterocycles. The maximum Gasteiger partial charge on any atom is 0.472 e. The lowest BCUT2D eigenvalue weighted by Crippen LogP contribution is -2.30. The van der Waals surface area contributed by atoms with Gasteiger partial charge in [0, 0.05) is 19.3 Å². The fraction of sp³-hybridized carbons (Fsp3) is 0.646. The molecule has 18 heteroatoms. The number of hydrogen-bond acceptors (Lipinski definition) is 14. The topological polar surface area (TPSA) is 231 Å². The Kier molecular flexibility index (Phi) is 85.3. The van der Waals surface area contributed by atoms with E-state index in [1.165, 1.54) is 103 Å². The molecule has 0 saturated carbocycles. The van der Waals surface area contributed by atoms with Crippen LogP contribution in [0.4, 0.5) is 0 Å². The minimum absolute atomic E-state index is 0.0736. The summed E-state index contributed by atoms with van der Waals surface area (Å²) in [5.74, 6) is -1.61. The number of phosphoric acid groups is 2. The number of aliphatic hydroxyl groups is 2. The minimum Gasteiger partial charge on any atom is -0.463 e. The van der Waals surface area contributed by atoms with E-state index in [0.717, 1.165) is 193 Å². The summed E-state index contributed by atoms with van der Waals surface area (Å²) < 4.78 is 61.4. The molecular weight excluding hydrogens is 1510 g/mol. The van der Waals surface area contributed by atoms with Crippen molar-refractivity contribution < 1.29 is 75.8 Å². The number of unbranched alkanes of at least 4 members (excludes halogenated alkanes) is 30. The monoisotopic (exact) mass is 1670 g/mol. The van der Waals surface area contributed by atoms with Crippen molar-refractivity contribution in [1.82, 2.24) is 0 Å². The first kappa shape index (κ1) is 111. The SMILES string of the molecule is CC/C=C\C/C=C\C/C=C\C/C=C\C/C=C\C/C=C\CCCCCCCCCCCCCCCCCCC(=O)OCC(O)COP(=O)(O)OCC(O)COP(=O)(O)OCC(COC(=O)CCCCCCCC/C=C\C/C=C\C/C=C\C/C=C\C/C=C\C/C=C\CC)OC(=O)CCCCCCC/C=C\C/C=C\C/C=C\C/C=C\CCCCC. The molecule has 0 aliphatic heterocycles. The maximum absolute atomic E-state index is 13.0. The van der Waals surface area contributed by atoms with Crippen LogP contribution in [0.25, 0.3) is 0 Å². The van der Waals surface area contributed by atoms with E-state index in [1.807, 2.05) is 0 Å². The highest BCUT2D eigenvalue weighted by atomic mass is 31.2. The summed E-state index contributed by atoms with van der Waals surface area (Å²) in [6.07, 6.45) is 119. The number of aliphatic hydroxyl groups excluding tert-OH is 2. The van der Waals surface area contributed by atoms with Crippen LogP contribution in [0.5, 0.6) is 0 Å². The van der Waals surface area contributed by atoms with Crippen LogP contribution in [0.2, 0.25) is 0 Å². The first-order chi connectivity index (χ1) is 57.2. The molecule has 0 saturated heterocycles. The van der Waals surface area contributed by atoms with Gasteiger partial charge in [-0.1, -0.05) is 363 Å². The predicted octanol–water partition coefficient (Wildman–Crippen LogP) is 28.2. The number of carbonyl (C=O) groups is 3. The van der Waals surface area contributed by atoms with Crippen molar-refractivity contribution in [2.24, 2.45) is 0 Å². The van der Waals surface area contributed by atoms with E-state index in [0.29, 0.717) is 19.3 Å². The smallest absolute Gasteiger partial charge is 0.463 e. The highest BCUT2D eigenvalue weighted by Crippen LogP contribution is 2.45. The molecule has 0 bridgehead atoms. The Labute approximate surface area is 712 Å². The molecular formula is C99H164O16P2. The molecule has 0 rings (SSSR count). The molecule has 0 radical (unpaired) electrons. The largest absolute Gasteiger partial charge is 0.472 e. The number of rotatable bonds is 85. The number of carbonyl (C=O) groups excluding carboxylic acids is 3. The van der Waals surface area contributed by atoms with Crippen LogP contribution in [0, 0.1) is 0 Å². The second kappa shape index (κ2) is 89.6.